The highest BCUT2D eigenvalue weighted by Gasteiger charge is 2.52. The summed E-state index contributed by atoms with van der Waals surface area (Å²) in [6.07, 6.45) is 3.24. The number of allylic oxidation sites excluding steroid dienone is 1. The first-order valence-electron chi connectivity index (χ1n) is 6.31. The first-order chi connectivity index (χ1) is 7.98. The Labute approximate surface area is 111 Å². The van der Waals surface area contributed by atoms with Gasteiger partial charge in [-0.2, -0.15) is 0 Å². The molecule has 18 heavy (non-hydrogen) atoms. The molecule has 4 nitrogen and oxygen atoms in total. The third-order valence-electron chi connectivity index (χ3n) is 3.32. The van der Waals surface area contributed by atoms with Gasteiger partial charge in [0.2, 0.25) is 0 Å². The lowest BCUT2D eigenvalue weighted by atomic mass is 9.79. The van der Waals surface area contributed by atoms with Crippen LogP contribution in [0.5, 0.6) is 0 Å². The molecule has 1 rings (SSSR count). The molecule has 0 atom stereocenters. The van der Waals surface area contributed by atoms with Gasteiger partial charge in [-0.05, 0) is 54.7 Å². The molecular weight excluding hydrogens is 227 g/mol. The van der Waals surface area contributed by atoms with Crippen LogP contribution < -0.4 is 5.73 Å². The molecule has 0 radical (unpaired) electrons. The van der Waals surface area contributed by atoms with Gasteiger partial charge in [-0.1, -0.05) is 0 Å². The van der Waals surface area contributed by atoms with Gasteiger partial charge in [0.1, 0.15) is 0 Å². The summed E-state index contributed by atoms with van der Waals surface area (Å²) in [7, 11) is -0.453. The van der Waals surface area contributed by atoms with Gasteiger partial charge in [0, 0.05) is 11.7 Å². The second-order valence-corrected chi connectivity index (χ2v) is 6.68. The lowest BCUT2D eigenvalue weighted by Gasteiger charge is -2.32. The molecule has 1 fully saturated rings. The normalized spacial score (nSPS) is 23.9. The van der Waals surface area contributed by atoms with E-state index in [0.717, 1.165) is 5.47 Å². The minimum atomic E-state index is -0.453. The number of rotatable bonds is 2. The summed E-state index contributed by atoms with van der Waals surface area (Å²) in [5.41, 5.74) is 5.54. The number of nitrogens with zero attached hydrogens (tertiary/aromatic N) is 1. The summed E-state index contributed by atoms with van der Waals surface area (Å²) in [6.45, 7) is 14.2. The fraction of sp³-hybridized carbons (Fsp3) is 0.769. The third-order valence-corrected chi connectivity index (χ3v) is 3.32. The van der Waals surface area contributed by atoms with E-state index >= 15 is 0 Å². The highest BCUT2D eigenvalue weighted by Crippen LogP contribution is 2.38. The number of nitrogens with two attached hydrogens (primary N) is 1. The Morgan fingerprint density at radius 1 is 1.11 bits per heavy atom. The van der Waals surface area contributed by atoms with Crippen molar-refractivity contribution in [3.8, 4) is 0 Å². The Morgan fingerprint density at radius 3 is 1.89 bits per heavy atom. The molecule has 5 heteroatoms. The van der Waals surface area contributed by atoms with Crippen molar-refractivity contribution in [2.75, 3.05) is 0 Å². The summed E-state index contributed by atoms with van der Waals surface area (Å²) < 4.78 is 11.8. The molecule has 1 saturated heterocycles. The predicted molar refractivity (Wildman–Crippen MR) is 76.6 cm³/mol. The summed E-state index contributed by atoms with van der Waals surface area (Å²) in [5, 5.41) is 0. The molecule has 0 saturated carbocycles. The number of aliphatic imine (C=N–C) groups is 1. The zero-order chi connectivity index (χ0) is 14.2. The molecule has 0 aromatic rings. The SMILES string of the molecule is CC(C)(C)N=CC(=CN)B1OC(C)(C)C(C)(C)O1. The van der Waals surface area contributed by atoms with Crippen molar-refractivity contribution in [3.05, 3.63) is 11.7 Å². The Balaban J connectivity index is 2.86. The minimum absolute atomic E-state index is 0.141. The summed E-state index contributed by atoms with van der Waals surface area (Å²) >= 11 is 0. The average Bonchev–Trinajstić information content (AvgIpc) is 2.35. The van der Waals surface area contributed by atoms with E-state index < -0.39 is 7.12 Å². The van der Waals surface area contributed by atoms with Gasteiger partial charge in [0.05, 0.1) is 16.7 Å². The maximum atomic E-state index is 5.92. The van der Waals surface area contributed by atoms with Crippen molar-refractivity contribution in [3.63, 3.8) is 0 Å². The van der Waals surface area contributed by atoms with Gasteiger partial charge < -0.3 is 15.0 Å². The standard InChI is InChI=1S/C13H25BN2O2/c1-11(2,3)16-9-10(8-15)14-17-12(4,5)13(6,7)18-14/h8-9H,15H2,1-7H3. The first-order valence-corrected chi connectivity index (χ1v) is 6.31. The van der Waals surface area contributed by atoms with Crippen LogP contribution in [-0.2, 0) is 9.31 Å². The highest BCUT2D eigenvalue weighted by molar-refractivity contribution is 6.60. The van der Waals surface area contributed by atoms with Gasteiger partial charge in [-0.25, -0.2) is 0 Å². The Morgan fingerprint density at radius 2 is 1.56 bits per heavy atom. The Hall–Kier alpha value is -0.805. The van der Waals surface area contributed by atoms with Crippen LogP contribution in [0.3, 0.4) is 0 Å². The van der Waals surface area contributed by atoms with Crippen molar-refractivity contribution < 1.29 is 9.31 Å². The molecule has 0 aliphatic carbocycles. The molecule has 1 heterocycles. The van der Waals surface area contributed by atoms with Crippen LogP contribution >= 0.6 is 0 Å². The Kier molecular flexibility index (Phi) is 3.99. The van der Waals surface area contributed by atoms with Gasteiger partial charge >= 0.3 is 7.12 Å². The fourth-order valence-electron chi connectivity index (χ4n) is 1.43. The van der Waals surface area contributed by atoms with Gasteiger partial charge in [-0.15, -0.1) is 0 Å². The fourth-order valence-corrected chi connectivity index (χ4v) is 1.43. The van der Waals surface area contributed by atoms with Gasteiger partial charge in [0.25, 0.3) is 0 Å². The van der Waals surface area contributed by atoms with Gasteiger partial charge in [-0.3, -0.25) is 4.99 Å². The molecule has 0 bridgehead atoms. The molecular formula is C13H25BN2O2. The Bertz CT molecular complexity index is 352. The van der Waals surface area contributed by atoms with Crippen molar-refractivity contribution in [2.45, 2.75) is 65.2 Å². The summed E-state index contributed by atoms with van der Waals surface area (Å²) in [5.74, 6) is 0. The molecule has 1 aliphatic heterocycles. The van der Waals surface area contributed by atoms with E-state index in [1.165, 1.54) is 6.20 Å². The zero-order valence-corrected chi connectivity index (χ0v) is 12.6. The van der Waals surface area contributed by atoms with Crippen LogP contribution in [0, 0.1) is 0 Å². The van der Waals surface area contributed by atoms with Crippen molar-refractivity contribution in [1.29, 1.82) is 0 Å². The maximum absolute atomic E-state index is 5.92. The summed E-state index contributed by atoms with van der Waals surface area (Å²) in [4.78, 5) is 4.43. The highest BCUT2D eigenvalue weighted by atomic mass is 16.7. The molecule has 0 spiro atoms. The van der Waals surface area contributed by atoms with Crippen molar-refractivity contribution >= 4 is 13.3 Å². The minimum Gasteiger partial charge on any atom is -0.405 e. The monoisotopic (exact) mass is 252 g/mol. The third kappa shape index (κ3) is 3.36. The zero-order valence-electron chi connectivity index (χ0n) is 12.6. The van der Waals surface area contributed by atoms with Gasteiger partial charge in [0.15, 0.2) is 0 Å². The quantitative estimate of drug-likeness (QED) is 0.606. The molecule has 2 N–H and O–H groups in total. The van der Waals surface area contributed by atoms with E-state index in [-0.39, 0.29) is 16.7 Å². The predicted octanol–water partition coefficient (Wildman–Crippen LogP) is 2.33. The van der Waals surface area contributed by atoms with E-state index in [1.807, 2.05) is 48.5 Å². The second-order valence-electron chi connectivity index (χ2n) is 6.68. The van der Waals surface area contributed by atoms with E-state index in [9.17, 15) is 0 Å². The molecule has 0 aromatic carbocycles. The van der Waals surface area contributed by atoms with E-state index in [0.29, 0.717) is 0 Å². The smallest absolute Gasteiger partial charge is 0.405 e. The number of hydrogen-bond donors (Lipinski definition) is 1. The van der Waals surface area contributed by atoms with Crippen molar-refractivity contribution in [2.24, 2.45) is 10.7 Å². The van der Waals surface area contributed by atoms with Crippen LogP contribution in [0.4, 0.5) is 0 Å². The molecule has 1 aliphatic rings. The lowest BCUT2D eigenvalue weighted by Crippen LogP contribution is -2.41. The van der Waals surface area contributed by atoms with E-state index in [4.69, 9.17) is 15.0 Å². The van der Waals surface area contributed by atoms with Crippen LogP contribution in [0.2, 0.25) is 0 Å². The summed E-state index contributed by atoms with van der Waals surface area (Å²) in [6, 6.07) is 0. The lowest BCUT2D eigenvalue weighted by molar-refractivity contribution is 0.00578. The molecule has 0 unspecified atom stereocenters. The maximum Gasteiger partial charge on any atom is 0.497 e. The van der Waals surface area contributed by atoms with E-state index in [1.54, 1.807) is 6.21 Å². The van der Waals surface area contributed by atoms with Crippen molar-refractivity contribution in [1.82, 2.24) is 0 Å². The van der Waals surface area contributed by atoms with Crippen LogP contribution in [-0.4, -0.2) is 30.1 Å². The number of hydrogen-bond acceptors (Lipinski definition) is 4. The van der Waals surface area contributed by atoms with E-state index in [2.05, 4.69) is 4.99 Å². The largest absolute Gasteiger partial charge is 0.497 e. The first kappa shape index (κ1) is 15.3. The second kappa shape index (κ2) is 4.70. The topological polar surface area (TPSA) is 56.8 Å². The average molecular weight is 252 g/mol. The van der Waals surface area contributed by atoms with Crippen LogP contribution in [0.1, 0.15) is 48.5 Å². The van der Waals surface area contributed by atoms with Crippen LogP contribution in [0.15, 0.2) is 16.7 Å². The molecule has 0 aromatic heterocycles. The molecule has 102 valence electrons. The molecule has 0 amide bonds. The van der Waals surface area contributed by atoms with Crippen LogP contribution in [0.25, 0.3) is 0 Å².